The van der Waals surface area contributed by atoms with Crippen LogP contribution in [0.1, 0.15) is 26.7 Å². The maximum Gasteiger partial charge on any atom is 0.169 e. The number of rotatable bonds is 3. The average Bonchev–Trinajstić information content (AvgIpc) is 2.70. The first-order valence-electron chi connectivity index (χ1n) is 6.37. The van der Waals surface area contributed by atoms with Gasteiger partial charge in [-0.05, 0) is 17.9 Å². The van der Waals surface area contributed by atoms with Crippen molar-refractivity contribution in [2.24, 2.45) is 11.8 Å². The van der Waals surface area contributed by atoms with Crippen molar-refractivity contribution in [3.8, 4) is 0 Å². The second-order valence-corrected chi connectivity index (χ2v) is 5.02. The lowest BCUT2D eigenvalue weighted by atomic mass is 9.75. The van der Waals surface area contributed by atoms with Crippen LogP contribution in [0.5, 0.6) is 0 Å². The number of hydrogen-bond donors (Lipinski definition) is 0. The van der Waals surface area contributed by atoms with E-state index >= 15 is 0 Å². The van der Waals surface area contributed by atoms with Crippen molar-refractivity contribution >= 4 is 0 Å². The zero-order chi connectivity index (χ0) is 12.3. The quantitative estimate of drug-likeness (QED) is 0.430. The summed E-state index contributed by atoms with van der Waals surface area (Å²) < 4.78 is 16.8. The van der Waals surface area contributed by atoms with Crippen molar-refractivity contribution in [2.45, 2.75) is 32.5 Å². The third kappa shape index (κ3) is 2.72. The third-order valence-electron chi connectivity index (χ3n) is 3.72. The Hall–Kier alpha value is -0.800. The van der Waals surface area contributed by atoms with E-state index in [2.05, 4.69) is 26.5 Å². The molecule has 0 aromatic heterocycles. The summed E-state index contributed by atoms with van der Waals surface area (Å²) in [6.07, 6.45) is 5.58. The van der Waals surface area contributed by atoms with E-state index in [0.717, 1.165) is 26.1 Å². The highest BCUT2D eigenvalue weighted by Crippen LogP contribution is 2.44. The Morgan fingerprint density at radius 3 is 2.41 bits per heavy atom. The lowest BCUT2D eigenvalue weighted by Crippen LogP contribution is -2.40. The summed E-state index contributed by atoms with van der Waals surface area (Å²) in [6.45, 7) is 10.1. The highest BCUT2D eigenvalue weighted by Gasteiger charge is 2.44. The van der Waals surface area contributed by atoms with Gasteiger partial charge in [0.15, 0.2) is 5.79 Å². The van der Waals surface area contributed by atoms with Gasteiger partial charge >= 0.3 is 0 Å². The molecule has 0 bridgehead atoms. The summed E-state index contributed by atoms with van der Waals surface area (Å²) in [6, 6.07) is 0. The van der Waals surface area contributed by atoms with Crippen LogP contribution >= 0.6 is 0 Å². The molecule has 0 amide bonds. The second-order valence-electron chi connectivity index (χ2n) is 5.02. The Morgan fingerprint density at radius 2 is 1.88 bits per heavy atom. The Morgan fingerprint density at radius 1 is 1.29 bits per heavy atom. The van der Waals surface area contributed by atoms with Crippen LogP contribution in [0, 0.1) is 11.8 Å². The first kappa shape index (κ1) is 12.7. The van der Waals surface area contributed by atoms with Crippen LogP contribution in [0.3, 0.4) is 0 Å². The van der Waals surface area contributed by atoms with Crippen LogP contribution in [-0.2, 0) is 14.2 Å². The molecule has 1 heterocycles. The molecule has 1 saturated carbocycles. The van der Waals surface area contributed by atoms with E-state index in [0.29, 0.717) is 18.4 Å². The van der Waals surface area contributed by atoms with Gasteiger partial charge in [-0.1, -0.05) is 26.0 Å². The molecule has 96 valence electrons. The van der Waals surface area contributed by atoms with Crippen molar-refractivity contribution in [1.29, 1.82) is 0 Å². The van der Waals surface area contributed by atoms with Crippen molar-refractivity contribution in [2.75, 3.05) is 19.8 Å². The summed E-state index contributed by atoms with van der Waals surface area (Å²) in [5, 5.41) is 0. The first-order chi connectivity index (χ1) is 8.17. The molecule has 1 spiro atoms. The van der Waals surface area contributed by atoms with Crippen molar-refractivity contribution in [1.82, 2.24) is 0 Å². The maximum absolute atomic E-state index is 5.80. The molecule has 0 radical (unpaired) electrons. The van der Waals surface area contributed by atoms with Crippen molar-refractivity contribution in [3.63, 3.8) is 0 Å². The topological polar surface area (TPSA) is 27.7 Å². The molecular weight excluding hydrogens is 216 g/mol. The van der Waals surface area contributed by atoms with Gasteiger partial charge in [0, 0.05) is 12.8 Å². The van der Waals surface area contributed by atoms with E-state index in [4.69, 9.17) is 14.2 Å². The summed E-state index contributed by atoms with van der Waals surface area (Å²) in [7, 11) is 0. The molecule has 2 atom stereocenters. The number of hydrogen-bond acceptors (Lipinski definition) is 3. The third-order valence-corrected chi connectivity index (χ3v) is 3.72. The fourth-order valence-corrected chi connectivity index (χ4v) is 3.09. The fraction of sp³-hybridized carbons (Fsp3) is 0.714. The summed E-state index contributed by atoms with van der Waals surface area (Å²) >= 11 is 0. The van der Waals surface area contributed by atoms with Gasteiger partial charge in [0.1, 0.15) is 6.61 Å². The van der Waals surface area contributed by atoms with Crippen LogP contribution in [-0.4, -0.2) is 25.6 Å². The zero-order valence-corrected chi connectivity index (χ0v) is 10.8. The number of ether oxygens (including phenoxy) is 3. The van der Waals surface area contributed by atoms with Gasteiger partial charge in [0.05, 0.1) is 19.5 Å². The Labute approximate surface area is 103 Å². The fourth-order valence-electron chi connectivity index (χ4n) is 3.09. The summed E-state index contributed by atoms with van der Waals surface area (Å²) in [5.41, 5.74) is 1.46. The highest BCUT2D eigenvalue weighted by atomic mass is 16.7. The van der Waals surface area contributed by atoms with Gasteiger partial charge in [-0.2, -0.15) is 0 Å². The van der Waals surface area contributed by atoms with E-state index in [-0.39, 0.29) is 5.79 Å². The van der Waals surface area contributed by atoms with Crippen LogP contribution < -0.4 is 0 Å². The molecule has 1 aliphatic heterocycles. The van der Waals surface area contributed by atoms with E-state index in [1.54, 1.807) is 0 Å². The smallest absolute Gasteiger partial charge is 0.169 e. The van der Waals surface area contributed by atoms with Crippen molar-refractivity contribution in [3.05, 3.63) is 24.5 Å². The number of allylic oxidation sites excluding steroid dienone is 1. The first-order valence-corrected chi connectivity index (χ1v) is 6.37. The van der Waals surface area contributed by atoms with Crippen LogP contribution in [0.25, 0.3) is 0 Å². The van der Waals surface area contributed by atoms with E-state index < -0.39 is 0 Å². The van der Waals surface area contributed by atoms with Gasteiger partial charge in [0.25, 0.3) is 0 Å². The molecule has 2 rings (SSSR count). The van der Waals surface area contributed by atoms with E-state index in [9.17, 15) is 0 Å². The second kappa shape index (κ2) is 5.23. The molecule has 0 unspecified atom stereocenters. The molecule has 2 aliphatic rings. The molecule has 1 saturated heterocycles. The van der Waals surface area contributed by atoms with Gasteiger partial charge in [-0.15, -0.1) is 0 Å². The molecule has 1 aliphatic carbocycles. The predicted molar refractivity (Wildman–Crippen MR) is 66.4 cm³/mol. The minimum atomic E-state index is -0.310. The molecule has 0 aromatic carbocycles. The van der Waals surface area contributed by atoms with E-state index in [1.807, 2.05) is 0 Å². The van der Waals surface area contributed by atoms with Crippen LogP contribution in [0.15, 0.2) is 24.5 Å². The molecular formula is C14H22O3. The van der Waals surface area contributed by atoms with E-state index in [1.165, 1.54) is 11.8 Å². The summed E-state index contributed by atoms with van der Waals surface area (Å²) in [4.78, 5) is 0. The monoisotopic (exact) mass is 238 g/mol. The SMILES string of the molecule is C=COCC=C1[C@H](C)CC2(C[C@@H]1C)OCCO2. The minimum Gasteiger partial charge on any atom is -0.498 e. The maximum atomic E-state index is 5.80. The lowest BCUT2D eigenvalue weighted by Gasteiger charge is -2.40. The van der Waals surface area contributed by atoms with Crippen molar-refractivity contribution < 1.29 is 14.2 Å². The molecule has 3 nitrogen and oxygen atoms in total. The normalized spacial score (nSPS) is 34.1. The Bertz CT molecular complexity index is 287. The van der Waals surface area contributed by atoms with Crippen LogP contribution in [0.2, 0.25) is 0 Å². The lowest BCUT2D eigenvalue weighted by molar-refractivity contribution is -0.186. The highest BCUT2D eigenvalue weighted by molar-refractivity contribution is 5.15. The predicted octanol–water partition coefficient (Wildman–Crippen LogP) is 2.88. The molecule has 0 aromatic rings. The largest absolute Gasteiger partial charge is 0.498 e. The average molecular weight is 238 g/mol. The zero-order valence-electron chi connectivity index (χ0n) is 10.8. The molecule has 3 heteroatoms. The van der Waals surface area contributed by atoms with Crippen LogP contribution in [0.4, 0.5) is 0 Å². The van der Waals surface area contributed by atoms with Gasteiger partial charge in [0.2, 0.25) is 0 Å². The Kier molecular flexibility index (Phi) is 3.89. The minimum absolute atomic E-state index is 0.310. The van der Waals surface area contributed by atoms with Gasteiger partial charge in [-0.25, -0.2) is 0 Å². The summed E-state index contributed by atoms with van der Waals surface area (Å²) in [5.74, 6) is 0.672. The standard InChI is InChI=1S/C14H22O3/c1-4-15-6-5-13-11(2)9-14(10-12(13)3)16-7-8-17-14/h4-5,11-12H,1,6-10H2,2-3H3/t11-,12+. The van der Waals surface area contributed by atoms with Gasteiger partial charge < -0.3 is 14.2 Å². The Balaban J connectivity index is 2.02. The molecule has 17 heavy (non-hydrogen) atoms. The van der Waals surface area contributed by atoms with Gasteiger partial charge in [-0.3, -0.25) is 0 Å². The molecule has 0 N–H and O–H groups in total. The molecule has 2 fully saturated rings.